The number of sulfonamides is 1. The van der Waals surface area contributed by atoms with E-state index in [-0.39, 0.29) is 10.6 Å². The second-order valence-corrected chi connectivity index (χ2v) is 6.79. The fourth-order valence-electron chi connectivity index (χ4n) is 2.02. The van der Waals surface area contributed by atoms with E-state index < -0.39 is 15.8 Å². The molecule has 0 saturated carbocycles. The van der Waals surface area contributed by atoms with Gasteiger partial charge in [-0.25, -0.2) is 17.5 Å². The minimum atomic E-state index is -3.88. The molecule has 3 rings (SSSR count). The molecule has 23 heavy (non-hydrogen) atoms. The second-order valence-electron chi connectivity index (χ2n) is 4.67. The van der Waals surface area contributed by atoms with E-state index in [1.807, 2.05) is 0 Å². The summed E-state index contributed by atoms with van der Waals surface area (Å²) in [6.45, 7) is 0. The Labute approximate surface area is 137 Å². The molecule has 0 amide bonds. The van der Waals surface area contributed by atoms with Gasteiger partial charge in [0, 0.05) is 17.4 Å². The molecule has 3 aromatic rings. The van der Waals surface area contributed by atoms with Gasteiger partial charge in [0.05, 0.1) is 16.3 Å². The second kappa shape index (κ2) is 6.02. The molecule has 1 aromatic heterocycles. The fraction of sp³-hybridized carbons (Fsp3) is 0. The Morgan fingerprint density at radius 2 is 1.87 bits per heavy atom. The van der Waals surface area contributed by atoms with E-state index in [0.717, 1.165) is 12.1 Å². The molecule has 0 aliphatic rings. The fourth-order valence-corrected chi connectivity index (χ4v) is 3.26. The quantitative estimate of drug-likeness (QED) is 0.782. The molecule has 0 aliphatic carbocycles. The number of nitrogens with zero attached hydrogens (tertiary/aromatic N) is 2. The Balaban J connectivity index is 2.02. The SMILES string of the molecule is O=S(=O)(Nc1cc(Cl)ccc1-n1cccn1)c1ccc(F)cc1. The van der Waals surface area contributed by atoms with E-state index in [1.165, 1.54) is 22.9 Å². The van der Waals surface area contributed by atoms with Crippen molar-refractivity contribution in [3.63, 3.8) is 0 Å². The Bertz CT molecular complexity index is 926. The van der Waals surface area contributed by atoms with E-state index in [4.69, 9.17) is 11.6 Å². The Kier molecular flexibility index (Phi) is 4.06. The van der Waals surface area contributed by atoms with Crippen LogP contribution in [0.25, 0.3) is 5.69 Å². The summed E-state index contributed by atoms with van der Waals surface area (Å²) in [5.74, 6) is -0.510. The Morgan fingerprint density at radius 3 is 2.52 bits per heavy atom. The zero-order valence-corrected chi connectivity index (χ0v) is 13.2. The summed E-state index contributed by atoms with van der Waals surface area (Å²) in [5, 5.41) is 4.45. The van der Waals surface area contributed by atoms with Crippen LogP contribution in [0.3, 0.4) is 0 Å². The standard InChI is InChI=1S/C15H11ClFN3O2S/c16-11-2-7-15(20-9-1-8-18-20)14(10-11)19-23(21,22)13-5-3-12(17)4-6-13/h1-10,19H. The first-order valence-corrected chi connectivity index (χ1v) is 8.40. The summed E-state index contributed by atoms with van der Waals surface area (Å²) in [6.07, 6.45) is 3.26. The van der Waals surface area contributed by atoms with Crippen LogP contribution in [0.15, 0.2) is 65.8 Å². The number of anilines is 1. The van der Waals surface area contributed by atoms with E-state index in [1.54, 1.807) is 30.6 Å². The average molecular weight is 352 g/mol. The van der Waals surface area contributed by atoms with Gasteiger partial charge in [-0.2, -0.15) is 5.10 Å². The zero-order valence-electron chi connectivity index (χ0n) is 11.6. The van der Waals surface area contributed by atoms with Crippen LogP contribution >= 0.6 is 11.6 Å². The third kappa shape index (κ3) is 3.35. The van der Waals surface area contributed by atoms with Crippen molar-refractivity contribution in [1.29, 1.82) is 0 Å². The first-order chi connectivity index (χ1) is 11.0. The van der Waals surface area contributed by atoms with Gasteiger partial charge in [-0.3, -0.25) is 4.72 Å². The van der Waals surface area contributed by atoms with Crippen molar-refractivity contribution >= 4 is 27.3 Å². The molecule has 0 aliphatic heterocycles. The molecule has 1 heterocycles. The minimum Gasteiger partial charge on any atom is -0.277 e. The molecule has 2 aromatic carbocycles. The number of rotatable bonds is 4. The van der Waals surface area contributed by atoms with Crippen LogP contribution in [0, 0.1) is 5.82 Å². The van der Waals surface area contributed by atoms with Crippen molar-refractivity contribution in [3.05, 3.63) is 71.8 Å². The summed E-state index contributed by atoms with van der Waals surface area (Å²) in [7, 11) is -3.88. The van der Waals surface area contributed by atoms with Crippen LogP contribution < -0.4 is 4.72 Å². The lowest BCUT2D eigenvalue weighted by Crippen LogP contribution is -2.15. The van der Waals surface area contributed by atoms with Crippen molar-refractivity contribution in [2.75, 3.05) is 4.72 Å². The van der Waals surface area contributed by atoms with Crippen molar-refractivity contribution in [2.45, 2.75) is 4.90 Å². The topological polar surface area (TPSA) is 64.0 Å². The minimum absolute atomic E-state index is 0.0507. The van der Waals surface area contributed by atoms with E-state index in [2.05, 4.69) is 9.82 Å². The molecule has 0 saturated heterocycles. The first-order valence-electron chi connectivity index (χ1n) is 6.54. The van der Waals surface area contributed by atoms with Crippen molar-refractivity contribution in [3.8, 4) is 5.69 Å². The molecular formula is C15H11ClFN3O2S. The number of benzene rings is 2. The van der Waals surface area contributed by atoms with Gasteiger partial charge in [0.2, 0.25) is 0 Å². The molecule has 0 bridgehead atoms. The maximum Gasteiger partial charge on any atom is 0.261 e. The highest BCUT2D eigenvalue weighted by molar-refractivity contribution is 7.92. The van der Waals surface area contributed by atoms with Crippen LogP contribution in [-0.4, -0.2) is 18.2 Å². The van der Waals surface area contributed by atoms with Crippen LogP contribution in [0.1, 0.15) is 0 Å². The van der Waals surface area contributed by atoms with E-state index >= 15 is 0 Å². The van der Waals surface area contributed by atoms with Gasteiger partial charge in [-0.1, -0.05) is 11.6 Å². The molecular weight excluding hydrogens is 341 g/mol. The molecule has 0 atom stereocenters. The molecule has 5 nitrogen and oxygen atoms in total. The summed E-state index contributed by atoms with van der Waals surface area (Å²) >= 11 is 5.96. The Morgan fingerprint density at radius 1 is 1.13 bits per heavy atom. The monoisotopic (exact) mass is 351 g/mol. The van der Waals surface area contributed by atoms with Gasteiger partial charge in [0.25, 0.3) is 10.0 Å². The van der Waals surface area contributed by atoms with Gasteiger partial charge in [-0.15, -0.1) is 0 Å². The molecule has 0 fully saturated rings. The van der Waals surface area contributed by atoms with Crippen molar-refractivity contribution in [2.24, 2.45) is 0 Å². The average Bonchev–Trinajstić information content (AvgIpc) is 3.01. The highest BCUT2D eigenvalue weighted by Gasteiger charge is 2.17. The third-order valence-corrected chi connectivity index (χ3v) is 4.69. The number of nitrogens with one attached hydrogen (secondary N) is 1. The van der Waals surface area contributed by atoms with Gasteiger partial charge in [0.1, 0.15) is 5.82 Å². The van der Waals surface area contributed by atoms with Gasteiger partial charge < -0.3 is 0 Å². The van der Waals surface area contributed by atoms with Crippen LogP contribution in [-0.2, 0) is 10.0 Å². The summed E-state index contributed by atoms with van der Waals surface area (Å²) in [4.78, 5) is -0.0507. The third-order valence-electron chi connectivity index (χ3n) is 3.08. The van der Waals surface area contributed by atoms with Crippen LogP contribution in [0.4, 0.5) is 10.1 Å². The molecule has 118 valence electrons. The number of halogens is 2. The van der Waals surface area contributed by atoms with Gasteiger partial charge in [-0.05, 0) is 48.5 Å². The predicted octanol–water partition coefficient (Wildman–Crippen LogP) is 3.47. The number of hydrogen-bond acceptors (Lipinski definition) is 3. The number of aromatic nitrogens is 2. The first kappa shape index (κ1) is 15.5. The van der Waals surface area contributed by atoms with Crippen LogP contribution in [0.5, 0.6) is 0 Å². The molecule has 8 heteroatoms. The summed E-state index contributed by atoms with van der Waals surface area (Å²) in [6, 6.07) is 11.0. The highest BCUT2D eigenvalue weighted by Crippen LogP contribution is 2.26. The lowest BCUT2D eigenvalue weighted by molar-refractivity contribution is 0.599. The lowest BCUT2D eigenvalue weighted by Gasteiger charge is -2.13. The number of hydrogen-bond donors (Lipinski definition) is 1. The lowest BCUT2D eigenvalue weighted by atomic mass is 10.3. The summed E-state index contributed by atoms with van der Waals surface area (Å²) in [5.41, 5.74) is 0.788. The van der Waals surface area contributed by atoms with Crippen molar-refractivity contribution < 1.29 is 12.8 Å². The molecule has 0 unspecified atom stereocenters. The van der Waals surface area contributed by atoms with E-state index in [9.17, 15) is 12.8 Å². The molecule has 0 spiro atoms. The maximum atomic E-state index is 13.0. The normalized spacial score (nSPS) is 11.4. The largest absolute Gasteiger partial charge is 0.277 e. The maximum absolute atomic E-state index is 13.0. The smallest absolute Gasteiger partial charge is 0.261 e. The van der Waals surface area contributed by atoms with Crippen LogP contribution in [0.2, 0.25) is 5.02 Å². The van der Waals surface area contributed by atoms with Crippen molar-refractivity contribution in [1.82, 2.24) is 9.78 Å². The Hall–Kier alpha value is -2.38. The predicted molar refractivity (Wildman–Crippen MR) is 85.8 cm³/mol. The summed E-state index contributed by atoms with van der Waals surface area (Å²) < 4.78 is 41.8. The highest BCUT2D eigenvalue weighted by atomic mass is 35.5. The molecule has 1 N–H and O–H groups in total. The van der Waals surface area contributed by atoms with Gasteiger partial charge in [0.15, 0.2) is 0 Å². The zero-order chi connectivity index (χ0) is 16.4. The van der Waals surface area contributed by atoms with E-state index in [0.29, 0.717) is 10.7 Å². The van der Waals surface area contributed by atoms with Gasteiger partial charge >= 0.3 is 0 Å². The molecule has 0 radical (unpaired) electrons.